The number of hydrogen-bond donors (Lipinski definition) is 0. The second kappa shape index (κ2) is 8.99. The highest BCUT2D eigenvalue weighted by Gasteiger charge is 2.09. The van der Waals surface area contributed by atoms with E-state index in [0.29, 0.717) is 13.1 Å². The van der Waals surface area contributed by atoms with Crippen LogP contribution >= 0.6 is 0 Å². The van der Waals surface area contributed by atoms with Gasteiger partial charge in [-0.1, -0.05) is 30.3 Å². The van der Waals surface area contributed by atoms with Gasteiger partial charge in [-0.15, -0.1) is 0 Å². The SMILES string of the molecule is CCN(Cc1ccc(CN(C)C)cc1)C(=O)/C=C\c1ccccn1. The van der Waals surface area contributed by atoms with Crippen molar-refractivity contribution in [3.8, 4) is 0 Å². The maximum Gasteiger partial charge on any atom is 0.246 e. The molecular weight excluding hydrogens is 298 g/mol. The first-order chi connectivity index (χ1) is 11.6. The van der Waals surface area contributed by atoms with Crippen molar-refractivity contribution in [1.82, 2.24) is 14.8 Å². The Morgan fingerprint density at radius 1 is 1.04 bits per heavy atom. The molecule has 0 bridgehead atoms. The van der Waals surface area contributed by atoms with E-state index in [1.807, 2.05) is 30.0 Å². The molecule has 1 aromatic heterocycles. The first-order valence-electron chi connectivity index (χ1n) is 8.19. The minimum Gasteiger partial charge on any atom is -0.335 e. The number of carbonyl (C=O) groups excluding carboxylic acids is 1. The smallest absolute Gasteiger partial charge is 0.246 e. The maximum atomic E-state index is 12.4. The number of hydrogen-bond acceptors (Lipinski definition) is 3. The van der Waals surface area contributed by atoms with Crippen molar-refractivity contribution >= 4 is 12.0 Å². The molecule has 0 unspecified atom stereocenters. The van der Waals surface area contributed by atoms with Crippen molar-refractivity contribution < 1.29 is 4.79 Å². The van der Waals surface area contributed by atoms with Crippen LogP contribution in [0.4, 0.5) is 0 Å². The third-order valence-electron chi connectivity index (χ3n) is 3.67. The zero-order valence-electron chi connectivity index (χ0n) is 14.6. The average Bonchev–Trinajstić information content (AvgIpc) is 2.59. The van der Waals surface area contributed by atoms with Crippen molar-refractivity contribution in [1.29, 1.82) is 0 Å². The Labute approximate surface area is 144 Å². The van der Waals surface area contributed by atoms with Gasteiger partial charge in [0.2, 0.25) is 5.91 Å². The second-order valence-electron chi connectivity index (χ2n) is 5.99. The molecule has 1 amide bonds. The second-order valence-corrected chi connectivity index (χ2v) is 5.99. The third kappa shape index (κ3) is 5.63. The minimum atomic E-state index is 0.000483. The van der Waals surface area contributed by atoms with Crippen LogP contribution in [0.25, 0.3) is 6.08 Å². The van der Waals surface area contributed by atoms with Gasteiger partial charge in [-0.25, -0.2) is 0 Å². The topological polar surface area (TPSA) is 36.4 Å². The Morgan fingerprint density at radius 3 is 2.25 bits per heavy atom. The van der Waals surface area contributed by atoms with Gasteiger partial charge in [0.25, 0.3) is 0 Å². The fourth-order valence-electron chi connectivity index (χ4n) is 2.42. The van der Waals surface area contributed by atoms with Crippen LogP contribution < -0.4 is 0 Å². The highest BCUT2D eigenvalue weighted by atomic mass is 16.2. The lowest BCUT2D eigenvalue weighted by Crippen LogP contribution is -2.28. The molecule has 126 valence electrons. The van der Waals surface area contributed by atoms with Gasteiger partial charge in [-0.3, -0.25) is 9.78 Å². The van der Waals surface area contributed by atoms with Gasteiger partial charge in [-0.05, 0) is 50.4 Å². The van der Waals surface area contributed by atoms with Gasteiger partial charge in [0, 0.05) is 31.9 Å². The maximum absolute atomic E-state index is 12.4. The van der Waals surface area contributed by atoms with E-state index < -0.39 is 0 Å². The molecule has 1 aromatic carbocycles. The van der Waals surface area contributed by atoms with Crippen molar-refractivity contribution in [2.24, 2.45) is 0 Å². The molecule has 0 aliphatic carbocycles. The van der Waals surface area contributed by atoms with Gasteiger partial charge in [0.1, 0.15) is 0 Å². The zero-order chi connectivity index (χ0) is 17.4. The predicted molar refractivity (Wildman–Crippen MR) is 98.2 cm³/mol. The highest BCUT2D eigenvalue weighted by Crippen LogP contribution is 2.10. The van der Waals surface area contributed by atoms with Gasteiger partial charge >= 0.3 is 0 Å². The van der Waals surface area contributed by atoms with Crippen molar-refractivity contribution in [3.05, 3.63) is 71.6 Å². The number of amides is 1. The summed E-state index contributed by atoms with van der Waals surface area (Å²) in [6.45, 7) is 4.20. The van der Waals surface area contributed by atoms with Gasteiger partial charge in [-0.2, -0.15) is 0 Å². The van der Waals surface area contributed by atoms with E-state index in [0.717, 1.165) is 17.8 Å². The lowest BCUT2D eigenvalue weighted by atomic mass is 10.1. The Morgan fingerprint density at radius 2 is 1.71 bits per heavy atom. The predicted octanol–water partition coefficient (Wildman–Crippen LogP) is 3.21. The van der Waals surface area contributed by atoms with Crippen LogP contribution in [0.1, 0.15) is 23.7 Å². The standard InChI is InChI=1S/C20H25N3O/c1-4-23(20(24)13-12-19-7-5-6-14-21-19)16-18-10-8-17(9-11-18)15-22(2)3/h5-14H,4,15-16H2,1-3H3/b13-12-. The molecule has 0 saturated carbocycles. The van der Waals surface area contributed by atoms with Crippen LogP contribution in [0.15, 0.2) is 54.7 Å². The van der Waals surface area contributed by atoms with Crippen molar-refractivity contribution in [2.45, 2.75) is 20.0 Å². The largest absolute Gasteiger partial charge is 0.335 e. The van der Waals surface area contributed by atoms with E-state index >= 15 is 0 Å². The molecule has 0 N–H and O–H groups in total. The number of pyridine rings is 1. The molecule has 4 nitrogen and oxygen atoms in total. The number of rotatable bonds is 7. The molecular formula is C20H25N3O. The summed E-state index contributed by atoms with van der Waals surface area (Å²) in [5.74, 6) is 0.000483. The van der Waals surface area contributed by atoms with E-state index in [2.05, 4.69) is 48.2 Å². The summed E-state index contributed by atoms with van der Waals surface area (Å²) >= 11 is 0. The molecule has 0 aliphatic heterocycles. The summed E-state index contributed by atoms with van der Waals surface area (Å²) in [5, 5.41) is 0. The lowest BCUT2D eigenvalue weighted by molar-refractivity contribution is -0.126. The van der Waals surface area contributed by atoms with Crippen LogP contribution in [0.2, 0.25) is 0 Å². The van der Waals surface area contributed by atoms with E-state index in [-0.39, 0.29) is 5.91 Å². The Hall–Kier alpha value is -2.46. The molecule has 2 aromatic rings. The van der Waals surface area contributed by atoms with Crippen LogP contribution in [0.5, 0.6) is 0 Å². The summed E-state index contributed by atoms with van der Waals surface area (Å²) in [7, 11) is 4.11. The highest BCUT2D eigenvalue weighted by molar-refractivity contribution is 5.91. The Kier molecular flexibility index (Phi) is 6.70. The molecule has 24 heavy (non-hydrogen) atoms. The van der Waals surface area contributed by atoms with E-state index in [1.165, 1.54) is 5.56 Å². The normalized spacial score (nSPS) is 11.2. The van der Waals surface area contributed by atoms with E-state index in [1.54, 1.807) is 18.3 Å². The summed E-state index contributed by atoms with van der Waals surface area (Å²) in [6, 6.07) is 14.1. The molecule has 0 aliphatic rings. The number of carbonyl (C=O) groups is 1. The van der Waals surface area contributed by atoms with Crippen LogP contribution in [0.3, 0.4) is 0 Å². The van der Waals surface area contributed by atoms with E-state index in [4.69, 9.17) is 0 Å². The molecule has 0 atom stereocenters. The van der Waals surface area contributed by atoms with Crippen molar-refractivity contribution in [3.63, 3.8) is 0 Å². The molecule has 1 heterocycles. The summed E-state index contributed by atoms with van der Waals surface area (Å²) in [5.41, 5.74) is 3.20. The lowest BCUT2D eigenvalue weighted by Gasteiger charge is -2.19. The Balaban J connectivity index is 1.98. The number of likely N-dealkylation sites (N-methyl/N-ethyl adjacent to an activating group) is 1. The minimum absolute atomic E-state index is 0.000483. The monoisotopic (exact) mass is 323 g/mol. The number of benzene rings is 1. The first-order valence-corrected chi connectivity index (χ1v) is 8.19. The molecule has 4 heteroatoms. The zero-order valence-corrected chi connectivity index (χ0v) is 14.6. The fraction of sp³-hybridized carbons (Fsp3) is 0.300. The van der Waals surface area contributed by atoms with Crippen molar-refractivity contribution in [2.75, 3.05) is 20.6 Å². The van der Waals surface area contributed by atoms with Crippen LogP contribution in [-0.4, -0.2) is 41.3 Å². The number of nitrogens with zero attached hydrogens (tertiary/aromatic N) is 3. The van der Waals surface area contributed by atoms with Gasteiger partial charge in [0.15, 0.2) is 0 Å². The Bertz CT molecular complexity index is 663. The van der Waals surface area contributed by atoms with Gasteiger partial charge < -0.3 is 9.80 Å². The summed E-state index contributed by atoms with van der Waals surface area (Å²) in [4.78, 5) is 20.5. The van der Waals surface area contributed by atoms with Gasteiger partial charge in [0.05, 0.1) is 5.69 Å². The quantitative estimate of drug-likeness (QED) is 0.734. The molecule has 0 radical (unpaired) electrons. The van der Waals surface area contributed by atoms with Crippen LogP contribution in [-0.2, 0) is 17.9 Å². The fourth-order valence-corrected chi connectivity index (χ4v) is 2.42. The molecule has 2 rings (SSSR count). The average molecular weight is 323 g/mol. The third-order valence-corrected chi connectivity index (χ3v) is 3.67. The molecule has 0 fully saturated rings. The summed E-state index contributed by atoms with van der Waals surface area (Å²) < 4.78 is 0. The molecule has 0 spiro atoms. The summed E-state index contributed by atoms with van der Waals surface area (Å²) in [6.07, 6.45) is 5.06. The first kappa shape index (κ1) is 17.9. The number of aromatic nitrogens is 1. The molecule has 0 saturated heterocycles. The van der Waals surface area contributed by atoms with E-state index in [9.17, 15) is 4.79 Å². The van der Waals surface area contributed by atoms with Crippen LogP contribution in [0, 0.1) is 0 Å².